The van der Waals surface area contributed by atoms with Crippen LogP contribution in [-0.2, 0) is 0 Å². The molecule has 4 heterocycles. The van der Waals surface area contributed by atoms with E-state index in [1.165, 1.54) is 45.6 Å². The SMILES string of the molecule is C1=C2CC3CN1CCCN(C2)C3. The third-order valence-electron chi connectivity index (χ3n) is 3.27. The molecule has 0 aromatic carbocycles. The minimum atomic E-state index is 0.944. The van der Waals surface area contributed by atoms with Gasteiger partial charge in [-0.25, -0.2) is 0 Å². The molecule has 4 aliphatic rings. The Labute approximate surface area is 73.8 Å². The molecule has 0 N–H and O–H groups in total. The first kappa shape index (κ1) is 6.96. The lowest BCUT2D eigenvalue weighted by molar-refractivity contribution is 0.127. The summed E-state index contributed by atoms with van der Waals surface area (Å²) in [4.78, 5) is 5.18. The maximum Gasteiger partial charge on any atom is 0.0216 e. The van der Waals surface area contributed by atoms with Gasteiger partial charge in [0.2, 0.25) is 0 Å². The Bertz CT molecular complexity index is 222. The molecule has 4 aliphatic heterocycles. The summed E-state index contributed by atoms with van der Waals surface area (Å²) in [5.74, 6) is 0.944. The van der Waals surface area contributed by atoms with E-state index in [4.69, 9.17) is 0 Å². The maximum atomic E-state index is 2.64. The fourth-order valence-corrected chi connectivity index (χ4v) is 2.90. The monoisotopic (exact) mass is 164 g/mol. The van der Waals surface area contributed by atoms with Gasteiger partial charge in [-0.05, 0) is 30.5 Å². The third kappa shape index (κ3) is 1.06. The molecule has 0 saturated carbocycles. The highest BCUT2D eigenvalue weighted by Crippen LogP contribution is 2.28. The van der Waals surface area contributed by atoms with Crippen LogP contribution in [0.3, 0.4) is 0 Å². The molecule has 0 aromatic heterocycles. The topological polar surface area (TPSA) is 6.48 Å². The highest BCUT2D eigenvalue weighted by atomic mass is 15.2. The second kappa shape index (κ2) is 2.49. The number of hydrogen-bond donors (Lipinski definition) is 0. The zero-order valence-corrected chi connectivity index (χ0v) is 7.50. The summed E-state index contributed by atoms with van der Waals surface area (Å²) in [6, 6.07) is 0. The van der Waals surface area contributed by atoms with Gasteiger partial charge in [0.25, 0.3) is 0 Å². The smallest absolute Gasteiger partial charge is 0.0216 e. The first-order chi connectivity index (χ1) is 5.90. The van der Waals surface area contributed by atoms with Gasteiger partial charge in [0.1, 0.15) is 0 Å². The van der Waals surface area contributed by atoms with Crippen molar-refractivity contribution >= 4 is 0 Å². The largest absolute Gasteiger partial charge is 0.377 e. The van der Waals surface area contributed by atoms with Gasteiger partial charge in [-0.15, -0.1) is 0 Å². The molecule has 4 rings (SSSR count). The third-order valence-corrected chi connectivity index (χ3v) is 3.27. The molecular weight excluding hydrogens is 148 g/mol. The van der Waals surface area contributed by atoms with E-state index in [1.807, 2.05) is 0 Å². The van der Waals surface area contributed by atoms with Crippen LogP contribution in [0.5, 0.6) is 0 Å². The predicted octanol–water partition coefficient (Wildman–Crippen LogP) is 0.911. The molecule has 66 valence electrons. The van der Waals surface area contributed by atoms with Crippen LogP contribution in [0, 0.1) is 5.92 Å². The van der Waals surface area contributed by atoms with Gasteiger partial charge in [-0.2, -0.15) is 0 Å². The van der Waals surface area contributed by atoms with Crippen LogP contribution in [0.1, 0.15) is 12.8 Å². The molecule has 2 heteroatoms. The summed E-state index contributed by atoms with van der Waals surface area (Å²) in [6.07, 6.45) is 5.16. The van der Waals surface area contributed by atoms with Crippen LogP contribution < -0.4 is 0 Å². The molecule has 2 nitrogen and oxygen atoms in total. The number of piperidine rings is 1. The van der Waals surface area contributed by atoms with Crippen LogP contribution in [0.4, 0.5) is 0 Å². The molecule has 0 radical (unpaired) electrons. The van der Waals surface area contributed by atoms with Crippen LogP contribution in [-0.4, -0.2) is 42.5 Å². The van der Waals surface area contributed by atoms with Gasteiger partial charge < -0.3 is 4.90 Å². The summed E-state index contributed by atoms with van der Waals surface area (Å²) in [7, 11) is 0. The fourth-order valence-electron chi connectivity index (χ4n) is 2.90. The molecule has 2 unspecified atom stereocenters. The van der Waals surface area contributed by atoms with Crippen LogP contribution in [0.15, 0.2) is 11.8 Å². The lowest BCUT2D eigenvalue weighted by atomic mass is 9.89. The van der Waals surface area contributed by atoms with Gasteiger partial charge in [-0.1, -0.05) is 0 Å². The summed E-state index contributed by atoms with van der Waals surface area (Å²) < 4.78 is 0. The number of fused-ring (bicyclic) bond motifs is 2. The van der Waals surface area contributed by atoms with E-state index in [9.17, 15) is 0 Å². The van der Waals surface area contributed by atoms with Gasteiger partial charge in [0, 0.05) is 32.7 Å². The summed E-state index contributed by atoms with van der Waals surface area (Å²) in [6.45, 7) is 6.54. The standard InChI is InChI=1S/C10H16N2/c1-2-11-5-9-4-10(6-11)8-12(3-1)7-9/h5,10H,1-4,6-8H2. The molecule has 2 saturated heterocycles. The number of nitrogens with zero attached hydrogens (tertiary/aromatic N) is 2. The van der Waals surface area contributed by atoms with Crippen molar-refractivity contribution < 1.29 is 0 Å². The van der Waals surface area contributed by atoms with Crippen LogP contribution in [0.2, 0.25) is 0 Å². The lowest BCUT2D eigenvalue weighted by Crippen LogP contribution is -2.48. The Morgan fingerprint density at radius 3 is 3.17 bits per heavy atom. The van der Waals surface area contributed by atoms with Crippen molar-refractivity contribution in [3.8, 4) is 0 Å². The van der Waals surface area contributed by atoms with Gasteiger partial charge in [-0.3, -0.25) is 4.90 Å². The van der Waals surface area contributed by atoms with Crippen LogP contribution in [0.25, 0.3) is 0 Å². The second-order valence-corrected chi connectivity index (χ2v) is 4.44. The van der Waals surface area contributed by atoms with E-state index in [0.29, 0.717) is 0 Å². The molecule has 0 amide bonds. The first-order valence-electron chi connectivity index (χ1n) is 5.06. The average Bonchev–Trinajstić information content (AvgIpc) is 1.99. The zero-order valence-electron chi connectivity index (χ0n) is 7.50. The molecule has 2 atom stereocenters. The Kier molecular flexibility index (Phi) is 1.44. The first-order valence-corrected chi connectivity index (χ1v) is 5.06. The van der Waals surface area contributed by atoms with Crippen molar-refractivity contribution in [1.82, 2.24) is 9.80 Å². The summed E-state index contributed by atoms with van der Waals surface area (Å²) in [5, 5.41) is 0. The van der Waals surface area contributed by atoms with Crippen molar-refractivity contribution in [3.63, 3.8) is 0 Å². The molecule has 0 aromatic rings. The zero-order chi connectivity index (χ0) is 7.97. The van der Waals surface area contributed by atoms with E-state index < -0.39 is 0 Å². The van der Waals surface area contributed by atoms with E-state index in [1.54, 1.807) is 5.57 Å². The Balaban J connectivity index is 1.94. The second-order valence-electron chi connectivity index (χ2n) is 4.44. The van der Waals surface area contributed by atoms with E-state index in [-0.39, 0.29) is 0 Å². The Hall–Kier alpha value is -0.500. The molecule has 2 fully saturated rings. The van der Waals surface area contributed by atoms with Crippen molar-refractivity contribution in [3.05, 3.63) is 11.8 Å². The highest BCUT2D eigenvalue weighted by molar-refractivity contribution is 5.13. The molecule has 4 bridgehead atoms. The number of hydrogen-bond acceptors (Lipinski definition) is 2. The Morgan fingerprint density at radius 2 is 2.25 bits per heavy atom. The fraction of sp³-hybridized carbons (Fsp3) is 0.800. The molecule has 12 heavy (non-hydrogen) atoms. The minimum absolute atomic E-state index is 0.944. The van der Waals surface area contributed by atoms with Crippen molar-refractivity contribution in [2.75, 3.05) is 32.7 Å². The average molecular weight is 164 g/mol. The molecular formula is C10H16N2. The number of rotatable bonds is 0. The van der Waals surface area contributed by atoms with Gasteiger partial charge in [0.15, 0.2) is 0 Å². The molecule has 0 spiro atoms. The van der Waals surface area contributed by atoms with E-state index in [2.05, 4.69) is 16.0 Å². The lowest BCUT2D eigenvalue weighted by Gasteiger charge is -2.44. The van der Waals surface area contributed by atoms with Crippen molar-refractivity contribution in [1.29, 1.82) is 0 Å². The van der Waals surface area contributed by atoms with Crippen molar-refractivity contribution in [2.24, 2.45) is 5.92 Å². The Morgan fingerprint density at radius 1 is 1.25 bits per heavy atom. The quantitative estimate of drug-likeness (QED) is 0.525. The van der Waals surface area contributed by atoms with E-state index in [0.717, 1.165) is 5.92 Å². The normalized spacial score (nSPS) is 39.3. The maximum absolute atomic E-state index is 2.64. The van der Waals surface area contributed by atoms with E-state index >= 15 is 0 Å². The van der Waals surface area contributed by atoms with Crippen molar-refractivity contribution in [2.45, 2.75) is 12.8 Å². The predicted molar refractivity (Wildman–Crippen MR) is 48.8 cm³/mol. The molecule has 0 aliphatic carbocycles. The highest BCUT2D eigenvalue weighted by Gasteiger charge is 2.29. The van der Waals surface area contributed by atoms with Gasteiger partial charge in [0.05, 0.1) is 0 Å². The summed E-state index contributed by atoms with van der Waals surface area (Å²) in [5.41, 5.74) is 1.68. The summed E-state index contributed by atoms with van der Waals surface area (Å²) >= 11 is 0. The van der Waals surface area contributed by atoms with Gasteiger partial charge >= 0.3 is 0 Å². The minimum Gasteiger partial charge on any atom is -0.377 e. The van der Waals surface area contributed by atoms with Crippen LogP contribution >= 0.6 is 0 Å².